The second-order valence-electron chi connectivity index (χ2n) is 4.41. The first-order valence-electron chi connectivity index (χ1n) is 6.42. The van der Waals surface area contributed by atoms with Crippen molar-refractivity contribution in [1.82, 2.24) is 9.97 Å². The number of ether oxygens (including phenoxy) is 1. The Balaban J connectivity index is 2.00. The van der Waals surface area contributed by atoms with Crippen LogP contribution in [0, 0.1) is 0 Å². The molecule has 5 heteroatoms. The summed E-state index contributed by atoms with van der Waals surface area (Å²) in [7, 11) is 1.59. The first kappa shape index (κ1) is 13.1. The molecule has 0 saturated heterocycles. The number of hydrogen-bond donors (Lipinski definition) is 1. The highest BCUT2D eigenvalue weighted by molar-refractivity contribution is 6.09. The second-order valence-corrected chi connectivity index (χ2v) is 4.41. The quantitative estimate of drug-likeness (QED) is 0.800. The van der Waals surface area contributed by atoms with Crippen LogP contribution in [-0.2, 0) is 0 Å². The van der Waals surface area contributed by atoms with Gasteiger partial charge in [-0.15, -0.1) is 0 Å². The van der Waals surface area contributed by atoms with Gasteiger partial charge < -0.3 is 10.1 Å². The van der Waals surface area contributed by atoms with Crippen LogP contribution in [0.5, 0.6) is 5.75 Å². The lowest BCUT2D eigenvalue weighted by molar-refractivity contribution is 0.102. The summed E-state index contributed by atoms with van der Waals surface area (Å²) in [6, 6.07) is 10.7. The number of carbonyl (C=O) groups excluding carboxylic acids is 1. The van der Waals surface area contributed by atoms with E-state index in [4.69, 9.17) is 4.74 Å². The molecule has 0 unspecified atom stereocenters. The molecule has 0 aliphatic carbocycles. The molecule has 1 N–H and O–H groups in total. The van der Waals surface area contributed by atoms with Crippen LogP contribution in [0.3, 0.4) is 0 Å². The van der Waals surface area contributed by atoms with Gasteiger partial charge in [-0.3, -0.25) is 14.8 Å². The number of carbonyl (C=O) groups is 1. The van der Waals surface area contributed by atoms with Crippen LogP contribution in [0.4, 0.5) is 5.69 Å². The van der Waals surface area contributed by atoms with E-state index >= 15 is 0 Å². The first-order valence-corrected chi connectivity index (χ1v) is 6.42. The van der Waals surface area contributed by atoms with Crippen LogP contribution >= 0.6 is 0 Å². The number of fused-ring (bicyclic) bond motifs is 1. The number of nitrogens with one attached hydrogen (secondary N) is 1. The molecule has 0 aliphatic heterocycles. The van der Waals surface area contributed by atoms with Crippen molar-refractivity contribution in [1.29, 1.82) is 0 Å². The molecule has 1 amide bonds. The van der Waals surface area contributed by atoms with Gasteiger partial charge in [-0.1, -0.05) is 0 Å². The van der Waals surface area contributed by atoms with E-state index in [0.717, 1.165) is 5.39 Å². The third kappa shape index (κ3) is 2.53. The highest BCUT2D eigenvalue weighted by Gasteiger charge is 2.11. The molecule has 5 nitrogen and oxygen atoms in total. The number of hydrogen-bond acceptors (Lipinski definition) is 4. The largest absolute Gasteiger partial charge is 0.494 e. The Morgan fingerprint density at radius 2 is 2.00 bits per heavy atom. The van der Waals surface area contributed by atoms with Gasteiger partial charge >= 0.3 is 0 Å². The molecule has 3 aromatic rings. The van der Waals surface area contributed by atoms with Crippen molar-refractivity contribution < 1.29 is 9.53 Å². The molecular formula is C16H13N3O2. The lowest BCUT2D eigenvalue weighted by Gasteiger charge is -2.10. The number of nitrogens with zero attached hydrogens (tertiary/aromatic N) is 2. The molecule has 21 heavy (non-hydrogen) atoms. The van der Waals surface area contributed by atoms with E-state index < -0.39 is 0 Å². The molecule has 104 valence electrons. The summed E-state index contributed by atoms with van der Waals surface area (Å²) in [5.74, 6) is 0.461. The summed E-state index contributed by atoms with van der Waals surface area (Å²) >= 11 is 0. The summed E-state index contributed by atoms with van der Waals surface area (Å²) in [6.07, 6.45) is 4.85. The molecule has 2 heterocycles. The SMILES string of the molecule is COc1ccc(NC(=O)c2cccnc2)c2cccnc12. The maximum atomic E-state index is 12.2. The lowest BCUT2D eigenvalue weighted by atomic mass is 10.1. The van der Waals surface area contributed by atoms with Crippen LogP contribution in [-0.4, -0.2) is 23.0 Å². The molecule has 3 rings (SSSR count). The van der Waals surface area contributed by atoms with Crippen LogP contribution < -0.4 is 10.1 Å². The van der Waals surface area contributed by atoms with E-state index in [2.05, 4.69) is 15.3 Å². The second kappa shape index (κ2) is 5.58. The van der Waals surface area contributed by atoms with E-state index in [-0.39, 0.29) is 5.91 Å². The number of pyridine rings is 2. The number of amides is 1. The van der Waals surface area contributed by atoms with Gasteiger partial charge in [-0.05, 0) is 36.4 Å². The predicted molar refractivity (Wildman–Crippen MR) is 80.5 cm³/mol. The van der Waals surface area contributed by atoms with Gasteiger partial charge in [0, 0.05) is 24.0 Å². The van der Waals surface area contributed by atoms with Gasteiger partial charge in [0.05, 0.1) is 18.4 Å². The number of aromatic nitrogens is 2. The van der Waals surface area contributed by atoms with Crippen LogP contribution in [0.25, 0.3) is 10.9 Å². The van der Waals surface area contributed by atoms with Crippen molar-refractivity contribution in [3.05, 3.63) is 60.6 Å². The summed E-state index contributed by atoms with van der Waals surface area (Å²) in [5.41, 5.74) is 1.90. The highest BCUT2D eigenvalue weighted by Crippen LogP contribution is 2.29. The topological polar surface area (TPSA) is 64.1 Å². The molecule has 0 atom stereocenters. The van der Waals surface area contributed by atoms with E-state index in [1.165, 1.54) is 6.20 Å². The summed E-state index contributed by atoms with van der Waals surface area (Å²) < 4.78 is 5.29. The van der Waals surface area contributed by atoms with Crippen molar-refractivity contribution in [3.8, 4) is 5.75 Å². The zero-order chi connectivity index (χ0) is 14.7. The number of methoxy groups -OCH3 is 1. The number of anilines is 1. The van der Waals surface area contributed by atoms with Crippen molar-refractivity contribution in [3.63, 3.8) is 0 Å². The third-order valence-corrected chi connectivity index (χ3v) is 3.12. The van der Waals surface area contributed by atoms with Crippen molar-refractivity contribution in [2.45, 2.75) is 0 Å². The summed E-state index contributed by atoms with van der Waals surface area (Å²) in [6.45, 7) is 0. The van der Waals surface area contributed by atoms with Gasteiger partial charge in [-0.2, -0.15) is 0 Å². The molecule has 0 saturated carbocycles. The maximum Gasteiger partial charge on any atom is 0.257 e. The number of rotatable bonds is 3. The van der Waals surface area contributed by atoms with Crippen molar-refractivity contribution in [2.75, 3.05) is 12.4 Å². The Labute approximate surface area is 121 Å². The maximum absolute atomic E-state index is 12.2. The third-order valence-electron chi connectivity index (χ3n) is 3.12. The van der Waals surface area contributed by atoms with Gasteiger partial charge in [0.2, 0.25) is 0 Å². The molecule has 0 aliphatic rings. The first-order chi connectivity index (χ1) is 10.3. The average Bonchev–Trinajstić information content (AvgIpc) is 2.56. The Hall–Kier alpha value is -2.95. The van der Waals surface area contributed by atoms with Gasteiger partial charge in [-0.25, -0.2) is 0 Å². The minimum Gasteiger partial charge on any atom is -0.494 e. The van der Waals surface area contributed by atoms with E-state index in [9.17, 15) is 4.79 Å². The molecule has 0 spiro atoms. The van der Waals surface area contributed by atoms with E-state index in [1.54, 1.807) is 43.8 Å². The summed E-state index contributed by atoms with van der Waals surface area (Å²) in [4.78, 5) is 20.5. The Morgan fingerprint density at radius 3 is 2.76 bits per heavy atom. The molecular weight excluding hydrogens is 266 g/mol. The molecule has 1 aromatic carbocycles. The number of benzene rings is 1. The van der Waals surface area contributed by atoms with E-state index in [0.29, 0.717) is 22.5 Å². The molecule has 2 aromatic heterocycles. The fourth-order valence-electron chi connectivity index (χ4n) is 2.11. The van der Waals surface area contributed by atoms with Crippen molar-refractivity contribution >= 4 is 22.5 Å². The zero-order valence-electron chi connectivity index (χ0n) is 11.4. The molecule has 0 bridgehead atoms. The Bertz CT molecular complexity index is 788. The van der Waals surface area contributed by atoms with E-state index in [1.807, 2.05) is 12.1 Å². The van der Waals surface area contributed by atoms with Crippen LogP contribution in [0.15, 0.2) is 55.0 Å². The molecule has 0 radical (unpaired) electrons. The minimum atomic E-state index is -0.210. The van der Waals surface area contributed by atoms with Crippen molar-refractivity contribution in [2.24, 2.45) is 0 Å². The van der Waals surface area contributed by atoms with Gasteiger partial charge in [0.15, 0.2) is 0 Å². The average molecular weight is 279 g/mol. The monoisotopic (exact) mass is 279 g/mol. The van der Waals surface area contributed by atoms with Gasteiger partial charge in [0.1, 0.15) is 11.3 Å². The standard InChI is InChI=1S/C16H13N3O2/c1-21-14-7-6-13(12-5-3-9-18-15(12)14)19-16(20)11-4-2-8-17-10-11/h2-10H,1H3,(H,19,20). The normalized spacial score (nSPS) is 10.3. The Kier molecular flexibility index (Phi) is 3.47. The van der Waals surface area contributed by atoms with Gasteiger partial charge in [0.25, 0.3) is 5.91 Å². The van der Waals surface area contributed by atoms with Crippen LogP contribution in [0.1, 0.15) is 10.4 Å². The lowest BCUT2D eigenvalue weighted by Crippen LogP contribution is -2.12. The van der Waals surface area contributed by atoms with Crippen LogP contribution in [0.2, 0.25) is 0 Å². The molecule has 0 fully saturated rings. The fourth-order valence-corrected chi connectivity index (χ4v) is 2.11. The Morgan fingerprint density at radius 1 is 1.14 bits per heavy atom. The highest BCUT2D eigenvalue weighted by atomic mass is 16.5. The fraction of sp³-hybridized carbons (Fsp3) is 0.0625. The zero-order valence-corrected chi connectivity index (χ0v) is 11.4. The smallest absolute Gasteiger partial charge is 0.257 e. The minimum absolute atomic E-state index is 0.210. The summed E-state index contributed by atoms with van der Waals surface area (Å²) in [5, 5.41) is 3.71. The predicted octanol–water partition coefficient (Wildman–Crippen LogP) is 2.89.